The molecule has 0 aliphatic carbocycles. The lowest BCUT2D eigenvalue weighted by Gasteiger charge is -2.23. The Bertz CT molecular complexity index is 1420. The van der Waals surface area contributed by atoms with E-state index in [0.29, 0.717) is 23.6 Å². The topological polar surface area (TPSA) is 82.0 Å². The first-order valence-corrected chi connectivity index (χ1v) is 13.2. The van der Waals surface area contributed by atoms with Crippen molar-refractivity contribution < 1.29 is 23.8 Å². The van der Waals surface area contributed by atoms with E-state index in [1.165, 1.54) is 0 Å². The lowest BCUT2D eigenvalue weighted by molar-refractivity contribution is 0.0528. The second-order valence-electron chi connectivity index (χ2n) is 10.0. The molecule has 0 radical (unpaired) electrons. The van der Waals surface area contributed by atoms with Crippen molar-refractivity contribution >= 4 is 17.7 Å². The molecule has 0 bridgehead atoms. The van der Waals surface area contributed by atoms with Crippen LogP contribution in [-0.2, 0) is 24.1 Å². The molecule has 2 aliphatic rings. The standard InChI is InChI=1S/C30H35N3O5/c1-7-38-29(34)27-26(21-8-9-23-20(14-21)11-13-33(23)30(35)31-17(2)3)18(4)32-12-10-19-15-24(36-5)25(37-6)16-22(19)28(27)32/h8-9,14-17H,7,10-13H2,1-6H3,(H,31,35). The highest BCUT2D eigenvalue weighted by atomic mass is 16.5. The van der Waals surface area contributed by atoms with Crippen LogP contribution < -0.4 is 19.7 Å². The minimum Gasteiger partial charge on any atom is -0.493 e. The van der Waals surface area contributed by atoms with E-state index in [-0.39, 0.29) is 24.6 Å². The fourth-order valence-corrected chi connectivity index (χ4v) is 5.73. The number of fused-ring (bicyclic) bond motifs is 4. The van der Waals surface area contributed by atoms with Gasteiger partial charge in [-0.3, -0.25) is 4.90 Å². The number of rotatable bonds is 6. The van der Waals surface area contributed by atoms with Crippen LogP contribution in [0.15, 0.2) is 30.3 Å². The number of hydrogen-bond acceptors (Lipinski definition) is 5. The van der Waals surface area contributed by atoms with Gasteiger partial charge in [-0.2, -0.15) is 0 Å². The quantitative estimate of drug-likeness (QED) is 0.445. The third-order valence-electron chi connectivity index (χ3n) is 7.39. The van der Waals surface area contributed by atoms with Crippen LogP contribution in [0.2, 0.25) is 0 Å². The van der Waals surface area contributed by atoms with Gasteiger partial charge in [-0.05, 0) is 81.5 Å². The zero-order chi connectivity index (χ0) is 27.1. The van der Waals surface area contributed by atoms with Crippen molar-refractivity contribution in [2.75, 3.05) is 32.3 Å². The fourth-order valence-electron chi connectivity index (χ4n) is 5.73. The summed E-state index contributed by atoms with van der Waals surface area (Å²) in [4.78, 5) is 28.0. The Morgan fingerprint density at radius 2 is 1.71 bits per heavy atom. The summed E-state index contributed by atoms with van der Waals surface area (Å²) in [6, 6.07) is 10.0. The maximum atomic E-state index is 13.5. The number of aryl methyl sites for hydroxylation is 1. The van der Waals surface area contributed by atoms with Crippen LogP contribution in [0.4, 0.5) is 10.5 Å². The molecule has 0 spiro atoms. The minimum atomic E-state index is -0.347. The summed E-state index contributed by atoms with van der Waals surface area (Å²) in [5.74, 6) is 0.943. The summed E-state index contributed by atoms with van der Waals surface area (Å²) in [6.45, 7) is 9.44. The van der Waals surface area contributed by atoms with Gasteiger partial charge in [0.05, 0.1) is 32.1 Å². The average Bonchev–Trinajstić information content (AvgIpc) is 3.46. The molecule has 3 heterocycles. The zero-order valence-electron chi connectivity index (χ0n) is 22.9. The molecule has 200 valence electrons. The van der Waals surface area contributed by atoms with E-state index in [2.05, 4.69) is 22.9 Å². The van der Waals surface area contributed by atoms with E-state index in [1.807, 2.05) is 45.0 Å². The number of hydrogen-bond donors (Lipinski definition) is 1. The van der Waals surface area contributed by atoms with Crippen LogP contribution in [0, 0.1) is 6.92 Å². The molecule has 38 heavy (non-hydrogen) atoms. The Morgan fingerprint density at radius 1 is 1.00 bits per heavy atom. The maximum Gasteiger partial charge on any atom is 0.340 e. The van der Waals surface area contributed by atoms with E-state index >= 15 is 0 Å². The molecule has 0 saturated heterocycles. The van der Waals surface area contributed by atoms with Gasteiger partial charge in [-0.1, -0.05) is 6.07 Å². The number of nitrogens with zero attached hydrogens (tertiary/aromatic N) is 2. The monoisotopic (exact) mass is 517 g/mol. The van der Waals surface area contributed by atoms with E-state index in [9.17, 15) is 9.59 Å². The Balaban J connectivity index is 1.67. The van der Waals surface area contributed by atoms with Gasteiger partial charge in [0.1, 0.15) is 0 Å². The summed E-state index contributed by atoms with van der Waals surface area (Å²) in [5, 5.41) is 2.98. The molecule has 1 aromatic heterocycles. The summed E-state index contributed by atoms with van der Waals surface area (Å²) < 4.78 is 18.9. The zero-order valence-corrected chi connectivity index (χ0v) is 22.9. The van der Waals surface area contributed by atoms with E-state index in [0.717, 1.165) is 64.3 Å². The fraction of sp³-hybridized carbons (Fsp3) is 0.400. The van der Waals surface area contributed by atoms with E-state index in [4.69, 9.17) is 14.2 Å². The van der Waals surface area contributed by atoms with E-state index in [1.54, 1.807) is 19.1 Å². The first-order chi connectivity index (χ1) is 18.3. The number of benzene rings is 2. The van der Waals surface area contributed by atoms with Gasteiger partial charge >= 0.3 is 12.0 Å². The lowest BCUT2D eigenvalue weighted by Crippen LogP contribution is -2.42. The van der Waals surface area contributed by atoms with Crippen molar-refractivity contribution in [3.8, 4) is 33.9 Å². The average molecular weight is 518 g/mol. The molecule has 0 atom stereocenters. The lowest BCUT2D eigenvalue weighted by atomic mass is 9.92. The number of carbonyl (C=O) groups is 2. The van der Waals surface area contributed by atoms with Crippen molar-refractivity contribution in [1.82, 2.24) is 9.88 Å². The predicted octanol–water partition coefficient (Wildman–Crippen LogP) is 5.36. The van der Waals surface area contributed by atoms with Gasteiger partial charge in [-0.25, -0.2) is 9.59 Å². The molecule has 8 nitrogen and oxygen atoms in total. The van der Waals surface area contributed by atoms with Crippen molar-refractivity contribution in [2.24, 2.45) is 0 Å². The van der Waals surface area contributed by atoms with Gasteiger partial charge in [0.15, 0.2) is 11.5 Å². The third kappa shape index (κ3) is 4.18. The van der Waals surface area contributed by atoms with Crippen LogP contribution in [0.25, 0.3) is 22.4 Å². The number of nitrogens with one attached hydrogen (secondary N) is 1. The Labute approximate surface area is 223 Å². The minimum absolute atomic E-state index is 0.0646. The Hall–Kier alpha value is -3.94. The number of urea groups is 1. The van der Waals surface area contributed by atoms with Gasteiger partial charge in [-0.15, -0.1) is 0 Å². The molecule has 0 fully saturated rings. The number of anilines is 1. The summed E-state index contributed by atoms with van der Waals surface area (Å²) in [7, 11) is 3.24. The number of aromatic nitrogens is 1. The number of amides is 2. The van der Waals surface area contributed by atoms with Gasteiger partial charge < -0.3 is 24.1 Å². The number of ether oxygens (including phenoxy) is 3. The van der Waals surface area contributed by atoms with Crippen LogP contribution in [0.3, 0.4) is 0 Å². The Kier molecular flexibility index (Phi) is 6.82. The summed E-state index contributed by atoms with van der Waals surface area (Å²) in [6.07, 6.45) is 1.57. The van der Waals surface area contributed by atoms with Crippen LogP contribution >= 0.6 is 0 Å². The second kappa shape index (κ2) is 10.1. The number of methoxy groups -OCH3 is 2. The van der Waals surface area contributed by atoms with Crippen molar-refractivity contribution in [3.05, 3.63) is 52.7 Å². The van der Waals surface area contributed by atoms with Gasteiger partial charge in [0.25, 0.3) is 0 Å². The molecule has 0 unspecified atom stereocenters. The second-order valence-corrected chi connectivity index (χ2v) is 10.0. The maximum absolute atomic E-state index is 13.5. The van der Waals surface area contributed by atoms with Crippen LogP contribution in [0.1, 0.15) is 48.0 Å². The third-order valence-corrected chi connectivity index (χ3v) is 7.39. The molecular formula is C30H35N3O5. The summed E-state index contributed by atoms with van der Waals surface area (Å²) >= 11 is 0. The van der Waals surface area contributed by atoms with Crippen LogP contribution in [-0.4, -0.2) is 50.0 Å². The van der Waals surface area contributed by atoms with Gasteiger partial charge in [0, 0.05) is 41.6 Å². The number of carbonyl (C=O) groups excluding carboxylic acids is 2. The Morgan fingerprint density at radius 3 is 2.39 bits per heavy atom. The molecular weight excluding hydrogens is 482 g/mol. The van der Waals surface area contributed by atoms with Crippen molar-refractivity contribution in [2.45, 2.75) is 53.1 Å². The van der Waals surface area contributed by atoms with E-state index < -0.39 is 0 Å². The highest BCUT2D eigenvalue weighted by molar-refractivity contribution is 6.06. The van der Waals surface area contributed by atoms with Crippen molar-refractivity contribution in [1.29, 1.82) is 0 Å². The van der Waals surface area contributed by atoms with Gasteiger partial charge in [0.2, 0.25) is 0 Å². The normalized spacial score (nSPS) is 13.6. The highest BCUT2D eigenvalue weighted by Crippen LogP contribution is 2.46. The molecule has 5 rings (SSSR count). The summed E-state index contributed by atoms with van der Waals surface area (Å²) in [5.41, 5.74) is 8.28. The molecule has 2 aromatic carbocycles. The highest BCUT2D eigenvalue weighted by Gasteiger charge is 2.33. The molecule has 3 aromatic rings. The van der Waals surface area contributed by atoms with Crippen LogP contribution in [0.5, 0.6) is 11.5 Å². The molecule has 1 N–H and O–H groups in total. The SMILES string of the molecule is CCOC(=O)c1c(-c2ccc3c(c2)CCN3C(=O)NC(C)C)c(C)n2c1-c1cc(OC)c(OC)cc1CC2. The molecule has 2 amide bonds. The largest absolute Gasteiger partial charge is 0.493 e. The first kappa shape index (κ1) is 25.7. The number of esters is 1. The molecule has 8 heteroatoms. The first-order valence-electron chi connectivity index (χ1n) is 13.2. The molecule has 0 saturated carbocycles. The molecule has 2 aliphatic heterocycles. The predicted molar refractivity (Wildman–Crippen MR) is 148 cm³/mol. The van der Waals surface area contributed by atoms with Crippen molar-refractivity contribution in [3.63, 3.8) is 0 Å². The smallest absolute Gasteiger partial charge is 0.340 e.